The molecule has 0 spiro atoms. The number of hydrogen-bond acceptors (Lipinski definition) is 1. The largest absolute Gasteiger partial charge is 0.389 e. The van der Waals surface area contributed by atoms with Crippen LogP contribution in [0.15, 0.2) is 22.7 Å². The molecule has 0 aliphatic heterocycles. The first-order valence-corrected chi connectivity index (χ1v) is 4.44. The molecule has 1 rings (SSSR count). The molecule has 1 nitrogen and oxygen atoms in total. The van der Waals surface area contributed by atoms with Crippen molar-refractivity contribution in [3.05, 3.63) is 33.3 Å². The van der Waals surface area contributed by atoms with Crippen molar-refractivity contribution in [2.24, 2.45) is 5.73 Å². The summed E-state index contributed by atoms with van der Waals surface area (Å²) in [4.78, 5) is 0.316. The van der Waals surface area contributed by atoms with E-state index in [0.29, 0.717) is 15.6 Å². The van der Waals surface area contributed by atoms with Gasteiger partial charge in [-0.1, -0.05) is 39.7 Å². The van der Waals surface area contributed by atoms with Gasteiger partial charge in [-0.05, 0) is 18.2 Å². The summed E-state index contributed by atoms with van der Waals surface area (Å²) in [5.41, 5.74) is 6.11. The SMILES string of the molecule is NC(=S)c1cc(Br)ccc1Cl. The van der Waals surface area contributed by atoms with E-state index in [0.717, 1.165) is 4.47 Å². The van der Waals surface area contributed by atoms with Gasteiger partial charge < -0.3 is 5.73 Å². The lowest BCUT2D eigenvalue weighted by Crippen LogP contribution is -2.09. The zero-order chi connectivity index (χ0) is 8.43. The third-order valence-corrected chi connectivity index (χ3v) is 2.24. The number of thiocarbonyl (C=S) groups is 1. The zero-order valence-electron chi connectivity index (χ0n) is 5.47. The van der Waals surface area contributed by atoms with Crippen LogP contribution in [0.5, 0.6) is 0 Å². The molecule has 1 aromatic carbocycles. The van der Waals surface area contributed by atoms with E-state index in [1.807, 2.05) is 6.07 Å². The highest BCUT2D eigenvalue weighted by molar-refractivity contribution is 9.10. The summed E-state index contributed by atoms with van der Waals surface area (Å²) >= 11 is 13.9. The highest BCUT2D eigenvalue weighted by atomic mass is 79.9. The lowest BCUT2D eigenvalue weighted by molar-refractivity contribution is 1.59. The van der Waals surface area contributed by atoms with Gasteiger partial charge in [0, 0.05) is 10.0 Å². The fourth-order valence-electron chi connectivity index (χ4n) is 0.686. The minimum atomic E-state index is 0.316. The van der Waals surface area contributed by atoms with Gasteiger partial charge in [0.1, 0.15) is 4.99 Å². The maximum Gasteiger partial charge on any atom is 0.105 e. The van der Waals surface area contributed by atoms with Crippen molar-refractivity contribution in [1.29, 1.82) is 0 Å². The first kappa shape index (κ1) is 8.97. The molecule has 1 aromatic rings. The zero-order valence-corrected chi connectivity index (χ0v) is 8.63. The van der Waals surface area contributed by atoms with Gasteiger partial charge in [-0.25, -0.2) is 0 Å². The van der Waals surface area contributed by atoms with Crippen molar-refractivity contribution in [2.45, 2.75) is 0 Å². The maximum absolute atomic E-state index is 5.80. The van der Waals surface area contributed by atoms with Gasteiger partial charge in [0.2, 0.25) is 0 Å². The van der Waals surface area contributed by atoms with Gasteiger partial charge in [-0.2, -0.15) is 0 Å². The molecule has 2 N–H and O–H groups in total. The van der Waals surface area contributed by atoms with Crippen molar-refractivity contribution in [3.8, 4) is 0 Å². The third-order valence-electron chi connectivity index (χ3n) is 1.19. The fraction of sp³-hybridized carbons (Fsp3) is 0. The molecule has 0 fully saturated rings. The first-order chi connectivity index (χ1) is 5.11. The number of halogens is 2. The average molecular weight is 251 g/mol. The Balaban J connectivity index is 3.23. The Morgan fingerprint density at radius 3 is 2.64 bits per heavy atom. The van der Waals surface area contributed by atoms with Gasteiger partial charge in [-0.3, -0.25) is 0 Å². The summed E-state index contributed by atoms with van der Waals surface area (Å²) in [6.07, 6.45) is 0. The Labute approximate surface area is 83.7 Å². The predicted octanol–water partition coefficient (Wildman–Crippen LogP) is 2.74. The molecule has 58 valence electrons. The molecule has 0 aromatic heterocycles. The predicted molar refractivity (Wildman–Crippen MR) is 55.0 cm³/mol. The molecule has 0 radical (unpaired) electrons. The lowest BCUT2D eigenvalue weighted by Gasteiger charge is -2.00. The summed E-state index contributed by atoms with van der Waals surface area (Å²) in [5, 5.41) is 0.584. The summed E-state index contributed by atoms with van der Waals surface area (Å²) in [6.45, 7) is 0. The second kappa shape index (κ2) is 3.52. The highest BCUT2D eigenvalue weighted by Crippen LogP contribution is 2.20. The molecule has 0 saturated carbocycles. The van der Waals surface area contributed by atoms with Crippen molar-refractivity contribution in [3.63, 3.8) is 0 Å². The van der Waals surface area contributed by atoms with Crippen LogP contribution in [0.2, 0.25) is 5.02 Å². The molecule has 0 saturated heterocycles. The van der Waals surface area contributed by atoms with Crippen molar-refractivity contribution in [2.75, 3.05) is 0 Å². The van der Waals surface area contributed by atoms with Gasteiger partial charge in [0.05, 0.1) is 5.02 Å². The quantitative estimate of drug-likeness (QED) is 0.776. The Kier molecular flexibility index (Phi) is 2.87. The molecule has 0 heterocycles. The van der Waals surface area contributed by atoms with Crippen LogP contribution in [0.3, 0.4) is 0 Å². The van der Waals surface area contributed by atoms with Crippen LogP contribution in [0.4, 0.5) is 0 Å². The molecule has 0 unspecified atom stereocenters. The minimum Gasteiger partial charge on any atom is -0.389 e. The van der Waals surface area contributed by atoms with Gasteiger partial charge in [-0.15, -0.1) is 0 Å². The smallest absolute Gasteiger partial charge is 0.105 e. The van der Waals surface area contributed by atoms with Crippen LogP contribution in [0, 0.1) is 0 Å². The minimum absolute atomic E-state index is 0.316. The number of rotatable bonds is 1. The molecular weight excluding hydrogens is 246 g/mol. The van der Waals surface area contributed by atoms with Crippen LogP contribution in [0.1, 0.15) is 5.56 Å². The molecule has 0 bridgehead atoms. The van der Waals surface area contributed by atoms with E-state index < -0.39 is 0 Å². The number of hydrogen-bond donors (Lipinski definition) is 1. The highest BCUT2D eigenvalue weighted by Gasteiger charge is 2.02. The second-order valence-electron chi connectivity index (χ2n) is 1.99. The molecule has 11 heavy (non-hydrogen) atoms. The molecular formula is C7H5BrClNS. The first-order valence-electron chi connectivity index (χ1n) is 2.86. The van der Waals surface area contributed by atoms with E-state index >= 15 is 0 Å². The summed E-state index contributed by atoms with van der Waals surface area (Å²) < 4.78 is 0.921. The Morgan fingerprint density at radius 2 is 2.18 bits per heavy atom. The maximum atomic E-state index is 5.80. The number of nitrogens with two attached hydrogens (primary N) is 1. The molecule has 0 aliphatic rings. The molecule has 0 amide bonds. The van der Waals surface area contributed by atoms with Gasteiger partial charge in [0.15, 0.2) is 0 Å². The molecule has 0 aliphatic carbocycles. The van der Waals surface area contributed by atoms with E-state index in [1.54, 1.807) is 12.1 Å². The summed E-state index contributed by atoms with van der Waals surface area (Å²) in [7, 11) is 0. The van der Waals surface area contributed by atoms with Crippen LogP contribution < -0.4 is 5.73 Å². The van der Waals surface area contributed by atoms with E-state index in [-0.39, 0.29) is 0 Å². The Bertz CT molecular complexity index is 300. The topological polar surface area (TPSA) is 26.0 Å². The second-order valence-corrected chi connectivity index (χ2v) is 3.75. The normalized spacial score (nSPS) is 9.64. The van der Waals surface area contributed by atoms with Gasteiger partial charge >= 0.3 is 0 Å². The van der Waals surface area contributed by atoms with E-state index in [4.69, 9.17) is 29.6 Å². The van der Waals surface area contributed by atoms with Crippen LogP contribution >= 0.6 is 39.7 Å². The standard InChI is InChI=1S/C7H5BrClNS/c8-4-1-2-6(9)5(3-4)7(10)11/h1-3H,(H2,10,11). The molecule has 4 heteroatoms. The van der Waals surface area contributed by atoms with Crippen molar-refractivity contribution < 1.29 is 0 Å². The average Bonchev–Trinajstić information content (AvgIpc) is 1.94. The van der Waals surface area contributed by atoms with E-state index in [9.17, 15) is 0 Å². The lowest BCUT2D eigenvalue weighted by atomic mass is 10.2. The summed E-state index contributed by atoms with van der Waals surface area (Å²) in [6, 6.07) is 5.38. The number of benzene rings is 1. The van der Waals surface area contributed by atoms with Crippen molar-refractivity contribution >= 4 is 44.7 Å². The monoisotopic (exact) mass is 249 g/mol. The van der Waals surface area contributed by atoms with E-state index in [2.05, 4.69) is 15.9 Å². The van der Waals surface area contributed by atoms with E-state index in [1.165, 1.54) is 0 Å². The Morgan fingerprint density at radius 1 is 1.55 bits per heavy atom. The summed E-state index contributed by atoms with van der Waals surface area (Å²) in [5.74, 6) is 0. The third kappa shape index (κ3) is 2.15. The Hall–Kier alpha value is -0.120. The van der Waals surface area contributed by atoms with Crippen LogP contribution in [0.25, 0.3) is 0 Å². The van der Waals surface area contributed by atoms with Gasteiger partial charge in [0.25, 0.3) is 0 Å². The van der Waals surface area contributed by atoms with Crippen molar-refractivity contribution in [1.82, 2.24) is 0 Å². The van der Waals surface area contributed by atoms with Crippen LogP contribution in [-0.2, 0) is 0 Å². The van der Waals surface area contributed by atoms with Crippen LogP contribution in [-0.4, -0.2) is 4.99 Å². The fourth-order valence-corrected chi connectivity index (χ4v) is 1.49. The molecule has 0 atom stereocenters.